The maximum Gasteiger partial charge on any atom is 0.309 e. The maximum atomic E-state index is 11.6. The molecule has 0 rings (SSSR count). The van der Waals surface area contributed by atoms with Gasteiger partial charge in [0.1, 0.15) is 5.60 Å². The van der Waals surface area contributed by atoms with Crippen molar-refractivity contribution in [2.75, 3.05) is 6.54 Å². The number of hydrogen-bond acceptors (Lipinski definition) is 3. The summed E-state index contributed by atoms with van der Waals surface area (Å²) < 4.78 is 5.21. The zero-order valence-corrected chi connectivity index (χ0v) is 11.8. The number of carbonyl (C=O) groups is 2. The number of rotatable bonds is 5. The van der Waals surface area contributed by atoms with E-state index < -0.39 is 11.5 Å². The highest BCUT2D eigenvalue weighted by atomic mass is 16.6. The predicted molar refractivity (Wildman–Crippen MR) is 67.5 cm³/mol. The molecule has 0 bridgehead atoms. The van der Waals surface area contributed by atoms with Crippen LogP contribution in [0.2, 0.25) is 0 Å². The second-order valence-corrected chi connectivity index (χ2v) is 5.84. The molecule has 4 heteroatoms. The summed E-state index contributed by atoms with van der Waals surface area (Å²) in [6.45, 7) is 11.8. The minimum absolute atomic E-state index is 0.0999. The van der Waals surface area contributed by atoms with Gasteiger partial charge in [0.15, 0.2) is 0 Å². The summed E-state index contributed by atoms with van der Waals surface area (Å²) >= 11 is 0. The molecular weight excluding hydrogens is 218 g/mol. The Hall–Kier alpha value is -1.06. The van der Waals surface area contributed by atoms with Gasteiger partial charge in [-0.3, -0.25) is 9.59 Å². The molecule has 0 saturated carbocycles. The third-order valence-corrected chi connectivity index (χ3v) is 2.01. The molecule has 0 aliphatic heterocycles. The lowest BCUT2D eigenvalue weighted by Crippen LogP contribution is -2.33. The van der Waals surface area contributed by atoms with E-state index in [0.29, 0.717) is 12.5 Å². The summed E-state index contributed by atoms with van der Waals surface area (Å²) in [4.78, 5) is 23.1. The zero-order valence-electron chi connectivity index (χ0n) is 11.8. The van der Waals surface area contributed by atoms with Gasteiger partial charge in [-0.05, 0) is 26.7 Å². The van der Waals surface area contributed by atoms with Crippen molar-refractivity contribution in [3.05, 3.63) is 0 Å². The molecule has 1 atom stereocenters. The molecule has 100 valence electrons. The van der Waals surface area contributed by atoms with Crippen molar-refractivity contribution in [3.63, 3.8) is 0 Å². The lowest BCUT2D eigenvalue weighted by molar-refractivity contribution is -0.160. The molecule has 0 aromatic rings. The SMILES string of the molecule is CC(C)CNC(=O)CC(C)C(=O)OC(C)(C)C. The van der Waals surface area contributed by atoms with Crippen LogP contribution in [-0.4, -0.2) is 24.0 Å². The third-order valence-electron chi connectivity index (χ3n) is 2.01. The molecule has 0 saturated heterocycles. The summed E-state index contributed by atoms with van der Waals surface area (Å²) in [6.07, 6.45) is 0.182. The van der Waals surface area contributed by atoms with Gasteiger partial charge in [-0.2, -0.15) is 0 Å². The van der Waals surface area contributed by atoms with Gasteiger partial charge in [0, 0.05) is 13.0 Å². The molecule has 1 N–H and O–H groups in total. The molecule has 17 heavy (non-hydrogen) atoms. The molecule has 1 unspecified atom stereocenters. The van der Waals surface area contributed by atoms with Crippen molar-refractivity contribution in [3.8, 4) is 0 Å². The first-order chi connectivity index (χ1) is 7.61. The Morgan fingerprint density at radius 2 is 1.71 bits per heavy atom. The van der Waals surface area contributed by atoms with Crippen LogP contribution in [-0.2, 0) is 14.3 Å². The Bertz CT molecular complexity index is 266. The van der Waals surface area contributed by atoms with Gasteiger partial charge in [0.05, 0.1) is 5.92 Å². The molecule has 0 aliphatic carbocycles. The van der Waals surface area contributed by atoms with E-state index in [4.69, 9.17) is 4.74 Å². The average molecular weight is 243 g/mol. The van der Waals surface area contributed by atoms with Crippen molar-refractivity contribution in [2.45, 2.75) is 53.6 Å². The van der Waals surface area contributed by atoms with Crippen molar-refractivity contribution in [2.24, 2.45) is 11.8 Å². The molecule has 4 nitrogen and oxygen atoms in total. The molecular formula is C13H25NO3. The number of ether oxygens (including phenoxy) is 1. The lowest BCUT2D eigenvalue weighted by Gasteiger charge is -2.22. The first kappa shape index (κ1) is 15.9. The van der Waals surface area contributed by atoms with E-state index in [1.807, 2.05) is 34.6 Å². The molecule has 0 spiro atoms. The van der Waals surface area contributed by atoms with Crippen LogP contribution in [0.1, 0.15) is 48.0 Å². The molecule has 0 fully saturated rings. The van der Waals surface area contributed by atoms with Gasteiger partial charge >= 0.3 is 5.97 Å². The fourth-order valence-corrected chi connectivity index (χ4v) is 1.15. The van der Waals surface area contributed by atoms with Gasteiger partial charge < -0.3 is 10.1 Å². The smallest absolute Gasteiger partial charge is 0.309 e. The van der Waals surface area contributed by atoms with Crippen LogP contribution >= 0.6 is 0 Å². The molecule has 0 aliphatic rings. The molecule has 0 aromatic heterocycles. The lowest BCUT2D eigenvalue weighted by atomic mass is 10.1. The fraction of sp³-hybridized carbons (Fsp3) is 0.846. The normalized spacial score (nSPS) is 13.4. The van der Waals surface area contributed by atoms with Gasteiger partial charge in [-0.15, -0.1) is 0 Å². The van der Waals surface area contributed by atoms with Crippen molar-refractivity contribution in [1.82, 2.24) is 5.32 Å². The Kier molecular flexibility index (Phi) is 6.21. The second-order valence-electron chi connectivity index (χ2n) is 5.84. The van der Waals surface area contributed by atoms with Gasteiger partial charge in [0.2, 0.25) is 5.91 Å². The standard InChI is InChI=1S/C13H25NO3/c1-9(2)8-14-11(15)7-10(3)12(16)17-13(4,5)6/h9-10H,7-8H2,1-6H3,(H,14,15). The summed E-state index contributed by atoms with van der Waals surface area (Å²) in [6, 6.07) is 0. The topological polar surface area (TPSA) is 55.4 Å². The summed E-state index contributed by atoms with van der Waals surface area (Å²) in [5, 5.41) is 2.78. The highest BCUT2D eigenvalue weighted by molar-refractivity contribution is 5.82. The number of carbonyl (C=O) groups excluding carboxylic acids is 2. The number of nitrogens with one attached hydrogen (secondary N) is 1. The van der Waals surface area contributed by atoms with E-state index in [1.54, 1.807) is 6.92 Å². The van der Waals surface area contributed by atoms with Crippen LogP contribution in [0.4, 0.5) is 0 Å². The van der Waals surface area contributed by atoms with E-state index in [1.165, 1.54) is 0 Å². The van der Waals surface area contributed by atoms with E-state index in [9.17, 15) is 9.59 Å². The summed E-state index contributed by atoms with van der Waals surface area (Å²) in [5.41, 5.74) is -0.500. The minimum atomic E-state index is -0.500. The van der Waals surface area contributed by atoms with Crippen molar-refractivity contribution >= 4 is 11.9 Å². The Balaban J connectivity index is 4.04. The zero-order chi connectivity index (χ0) is 13.6. The van der Waals surface area contributed by atoms with Gasteiger partial charge in [-0.25, -0.2) is 0 Å². The van der Waals surface area contributed by atoms with Crippen LogP contribution in [0, 0.1) is 11.8 Å². The average Bonchev–Trinajstić information content (AvgIpc) is 2.11. The molecule has 1 amide bonds. The highest BCUT2D eigenvalue weighted by Crippen LogP contribution is 2.13. The monoisotopic (exact) mass is 243 g/mol. The largest absolute Gasteiger partial charge is 0.460 e. The summed E-state index contributed by atoms with van der Waals surface area (Å²) in [5.74, 6) is -0.411. The maximum absolute atomic E-state index is 11.6. The fourth-order valence-electron chi connectivity index (χ4n) is 1.15. The minimum Gasteiger partial charge on any atom is -0.460 e. The second kappa shape index (κ2) is 6.62. The molecule has 0 heterocycles. The van der Waals surface area contributed by atoms with Crippen molar-refractivity contribution < 1.29 is 14.3 Å². The number of hydrogen-bond donors (Lipinski definition) is 1. The first-order valence-electron chi connectivity index (χ1n) is 6.11. The highest BCUT2D eigenvalue weighted by Gasteiger charge is 2.23. The van der Waals surface area contributed by atoms with Crippen LogP contribution in [0.5, 0.6) is 0 Å². The Morgan fingerprint density at radius 1 is 1.18 bits per heavy atom. The number of esters is 1. The van der Waals surface area contributed by atoms with E-state index in [-0.39, 0.29) is 18.3 Å². The molecule has 0 aromatic carbocycles. The predicted octanol–water partition coefficient (Wildman–Crippen LogP) is 2.13. The van der Waals surface area contributed by atoms with E-state index in [2.05, 4.69) is 5.32 Å². The van der Waals surface area contributed by atoms with Gasteiger partial charge in [0.25, 0.3) is 0 Å². The quantitative estimate of drug-likeness (QED) is 0.753. The Labute approximate surface area is 104 Å². The van der Waals surface area contributed by atoms with Gasteiger partial charge in [-0.1, -0.05) is 20.8 Å². The van der Waals surface area contributed by atoms with Crippen LogP contribution < -0.4 is 5.32 Å². The first-order valence-corrected chi connectivity index (χ1v) is 6.11. The number of amides is 1. The van der Waals surface area contributed by atoms with Crippen LogP contribution in [0.25, 0.3) is 0 Å². The third kappa shape index (κ3) is 8.72. The molecule has 0 radical (unpaired) electrons. The summed E-state index contributed by atoms with van der Waals surface area (Å²) in [7, 11) is 0. The van der Waals surface area contributed by atoms with Crippen LogP contribution in [0.3, 0.4) is 0 Å². The van der Waals surface area contributed by atoms with Crippen molar-refractivity contribution in [1.29, 1.82) is 0 Å². The van der Waals surface area contributed by atoms with E-state index >= 15 is 0 Å². The Morgan fingerprint density at radius 3 is 2.12 bits per heavy atom. The van der Waals surface area contributed by atoms with E-state index in [0.717, 1.165) is 0 Å². The van der Waals surface area contributed by atoms with Crippen LogP contribution in [0.15, 0.2) is 0 Å².